The lowest BCUT2D eigenvalue weighted by Crippen LogP contribution is -2.38. The Balaban J connectivity index is 2.67. The molecule has 3 nitrogen and oxygen atoms in total. The summed E-state index contributed by atoms with van der Waals surface area (Å²) in [5.41, 5.74) is 1.15. The fourth-order valence-corrected chi connectivity index (χ4v) is 2.17. The monoisotopic (exact) mass is 266 g/mol. The van der Waals surface area contributed by atoms with Gasteiger partial charge in [0, 0.05) is 19.1 Å². The maximum atomic E-state index is 9.87. The van der Waals surface area contributed by atoms with Crippen LogP contribution in [0.15, 0.2) is 30.3 Å². The highest BCUT2D eigenvalue weighted by atomic mass is 16.5. The lowest BCUT2D eigenvalue weighted by molar-refractivity contribution is -0.0798. The minimum absolute atomic E-state index is 0.0164. The van der Waals surface area contributed by atoms with Crippen LogP contribution in [0.4, 0.5) is 0 Å². The quantitative estimate of drug-likeness (QED) is 0.759. The molecule has 0 aliphatic carbocycles. The summed E-state index contributed by atoms with van der Waals surface area (Å²) >= 11 is 0. The first-order valence-corrected chi connectivity index (χ1v) is 6.99. The van der Waals surface area contributed by atoms with Crippen molar-refractivity contribution in [2.75, 3.05) is 13.2 Å². The summed E-state index contributed by atoms with van der Waals surface area (Å²) in [4.78, 5) is 0. The fourth-order valence-electron chi connectivity index (χ4n) is 2.17. The molecule has 1 aromatic rings. The molecule has 19 heavy (non-hydrogen) atoms. The van der Waals surface area contributed by atoms with Crippen LogP contribution in [0.25, 0.3) is 0 Å². The van der Waals surface area contributed by atoms with E-state index in [1.165, 1.54) is 0 Å². The van der Waals surface area contributed by atoms with Gasteiger partial charge in [-0.1, -0.05) is 44.2 Å². The van der Waals surface area contributed by atoms with Crippen molar-refractivity contribution in [2.24, 2.45) is 11.8 Å². The number of hydrogen-bond donors (Lipinski definition) is 2. The molecule has 0 fully saturated rings. The average Bonchev–Trinajstić information content (AvgIpc) is 2.38. The summed E-state index contributed by atoms with van der Waals surface area (Å²) in [6.45, 7) is 6.48. The van der Waals surface area contributed by atoms with Crippen molar-refractivity contribution in [3.8, 4) is 0 Å². The summed E-state index contributed by atoms with van der Waals surface area (Å²) in [5, 5.41) is 19.4. The van der Waals surface area contributed by atoms with Crippen LogP contribution in [0.2, 0.25) is 0 Å². The molecule has 2 unspecified atom stereocenters. The zero-order valence-electron chi connectivity index (χ0n) is 12.1. The lowest BCUT2D eigenvalue weighted by atomic mass is 9.92. The number of benzene rings is 1. The molecule has 0 aromatic heterocycles. The van der Waals surface area contributed by atoms with Crippen LogP contribution in [0.1, 0.15) is 26.3 Å². The van der Waals surface area contributed by atoms with Gasteiger partial charge in [-0.25, -0.2) is 0 Å². The summed E-state index contributed by atoms with van der Waals surface area (Å²) < 4.78 is 5.78. The zero-order valence-corrected chi connectivity index (χ0v) is 12.1. The van der Waals surface area contributed by atoms with Gasteiger partial charge in [0.25, 0.3) is 0 Å². The molecule has 108 valence electrons. The van der Waals surface area contributed by atoms with Crippen molar-refractivity contribution in [3.63, 3.8) is 0 Å². The molecule has 3 atom stereocenters. The van der Waals surface area contributed by atoms with E-state index in [1.54, 1.807) is 6.92 Å². The van der Waals surface area contributed by atoms with Crippen LogP contribution in [-0.4, -0.2) is 35.6 Å². The van der Waals surface area contributed by atoms with Crippen LogP contribution in [-0.2, 0) is 11.2 Å². The number of aliphatic hydroxyl groups excluding tert-OH is 2. The van der Waals surface area contributed by atoms with Crippen molar-refractivity contribution >= 4 is 0 Å². The van der Waals surface area contributed by atoms with Crippen LogP contribution >= 0.6 is 0 Å². The second kappa shape index (κ2) is 8.31. The molecule has 0 aliphatic rings. The highest BCUT2D eigenvalue weighted by Gasteiger charge is 2.26. The standard InChI is InChI=1S/C16H26O3/c1-12(2)11-19-16(13(3)18)15(10-17)9-14-7-5-4-6-8-14/h4-8,12-13,15-18H,9-11H2,1-3H3/t13?,15?,16-/m1/s1. The van der Waals surface area contributed by atoms with E-state index in [4.69, 9.17) is 4.74 Å². The molecule has 0 heterocycles. The number of rotatable bonds is 8. The van der Waals surface area contributed by atoms with Gasteiger partial charge in [0.05, 0.1) is 12.2 Å². The van der Waals surface area contributed by atoms with Crippen molar-refractivity contribution in [1.82, 2.24) is 0 Å². The molecule has 0 bridgehead atoms. The van der Waals surface area contributed by atoms with Gasteiger partial charge in [-0.2, -0.15) is 0 Å². The third kappa shape index (κ3) is 5.72. The minimum atomic E-state index is -0.584. The minimum Gasteiger partial charge on any atom is -0.396 e. The lowest BCUT2D eigenvalue weighted by Gasteiger charge is -2.29. The summed E-state index contributed by atoms with van der Waals surface area (Å²) in [5.74, 6) is 0.332. The van der Waals surface area contributed by atoms with Gasteiger partial charge in [-0.05, 0) is 24.8 Å². The van der Waals surface area contributed by atoms with E-state index >= 15 is 0 Å². The molecule has 0 saturated carbocycles. The topological polar surface area (TPSA) is 49.7 Å². The van der Waals surface area contributed by atoms with Gasteiger partial charge in [-0.15, -0.1) is 0 Å². The summed E-state index contributed by atoms with van der Waals surface area (Å²) in [6, 6.07) is 10.00. The third-order valence-corrected chi connectivity index (χ3v) is 3.14. The summed E-state index contributed by atoms with van der Waals surface area (Å²) in [6.07, 6.45) is -0.197. The number of aliphatic hydroxyl groups is 2. The molecule has 0 radical (unpaired) electrons. The summed E-state index contributed by atoms with van der Waals surface area (Å²) in [7, 11) is 0. The van der Waals surface area contributed by atoms with E-state index in [0.717, 1.165) is 5.56 Å². The van der Waals surface area contributed by atoms with Gasteiger partial charge in [-0.3, -0.25) is 0 Å². The molecule has 0 spiro atoms. The molecular weight excluding hydrogens is 240 g/mol. The average molecular weight is 266 g/mol. The highest BCUT2D eigenvalue weighted by Crippen LogP contribution is 2.18. The third-order valence-electron chi connectivity index (χ3n) is 3.14. The molecular formula is C16H26O3. The Bertz CT molecular complexity index is 335. The maximum absolute atomic E-state index is 9.87. The van der Waals surface area contributed by atoms with E-state index in [9.17, 15) is 10.2 Å². The predicted octanol–water partition coefficient (Wildman–Crippen LogP) is 2.26. The molecule has 3 heteroatoms. The van der Waals surface area contributed by atoms with E-state index in [1.807, 2.05) is 30.3 Å². The molecule has 0 saturated heterocycles. The molecule has 0 aliphatic heterocycles. The van der Waals surface area contributed by atoms with Gasteiger partial charge in [0.2, 0.25) is 0 Å². The van der Waals surface area contributed by atoms with E-state index in [0.29, 0.717) is 18.9 Å². The zero-order chi connectivity index (χ0) is 14.3. The van der Waals surface area contributed by atoms with Crippen LogP contribution in [0, 0.1) is 11.8 Å². The van der Waals surface area contributed by atoms with E-state index in [-0.39, 0.29) is 18.6 Å². The first kappa shape index (κ1) is 16.2. The Morgan fingerprint density at radius 1 is 1.11 bits per heavy atom. The van der Waals surface area contributed by atoms with Crippen LogP contribution < -0.4 is 0 Å². The normalized spacial score (nSPS) is 16.3. The second-order valence-electron chi connectivity index (χ2n) is 5.56. The largest absolute Gasteiger partial charge is 0.396 e. The first-order chi connectivity index (χ1) is 9.04. The Morgan fingerprint density at radius 2 is 1.74 bits per heavy atom. The van der Waals surface area contributed by atoms with Crippen LogP contribution in [0.5, 0.6) is 0 Å². The van der Waals surface area contributed by atoms with Gasteiger partial charge in [0.1, 0.15) is 0 Å². The Morgan fingerprint density at radius 3 is 2.21 bits per heavy atom. The van der Waals surface area contributed by atoms with Crippen molar-refractivity contribution in [1.29, 1.82) is 0 Å². The van der Waals surface area contributed by atoms with Gasteiger partial charge in [0.15, 0.2) is 0 Å². The molecule has 2 N–H and O–H groups in total. The SMILES string of the molecule is CC(C)CO[C@H](C(C)O)C(CO)Cc1ccccc1. The Kier molecular flexibility index (Phi) is 7.06. The maximum Gasteiger partial charge on any atom is 0.0884 e. The smallest absolute Gasteiger partial charge is 0.0884 e. The second-order valence-corrected chi connectivity index (χ2v) is 5.56. The number of ether oxygens (including phenoxy) is 1. The van der Waals surface area contributed by atoms with Gasteiger partial charge < -0.3 is 14.9 Å². The Labute approximate surface area is 116 Å². The molecule has 1 rings (SSSR count). The van der Waals surface area contributed by atoms with Crippen molar-refractivity contribution < 1.29 is 14.9 Å². The van der Waals surface area contributed by atoms with Crippen molar-refractivity contribution in [3.05, 3.63) is 35.9 Å². The fraction of sp³-hybridized carbons (Fsp3) is 0.625. The highest BCUT2D eigenvalue weighted by molar-refractivity contribution is 5.15. The van der Waals surface area contributed by atoms with E-state index in [2.05, 4.69) is 13.8 Å². The number of hydrogen-bond acceptors (Lipinski definition) is 3. The Hall–Kier alpha value is -0.900. The van der Waals surface area contributed by atoms with E-state index < -0.39 is 6.10 Å². The molecule has 0 amide bonds. The van der Waals surface area contributed by atoms with Crippen LogP contribution in [0.3, 0.4) is 0 Å². The molecule has 1 aromatic carbocycles. The van der Waals surface area contributed by atoms with Crippen molar-refractivity contribution in [2.45, 2.75) is 39.4 Å². The van der Waals surface area contributed by atoms with Gasteiger partial charge >= 0.3 is 0 Å². The predicted molar refractivity (Wildman–Crippen MR) is 77.0 cm³/mol. The first-order valence-electron chi connectivity index (χ1n) is 6.99.